The van der Waals surface area contributed by atoms with E-state index in [9.17, 15) is 9.18 Å². The number of halogens is 1. The van der Waals surface area contributed by atoms with Crippen LogP contribution in [0.1, 0.15) is 40.0 Å². The normalized spacial score (nSPS) is 15.7. The van der Waals surface area contributed by atoms with Gasteiger partial charge in [-0.05, 0) is 25.2 Å². The van der Waals surface area contributed by atoms with Crippen molar-refractivity contribution in [3.8, 4) is 0 Å². The summed E-state index contributed by atoms with van der Waals surface area (Å²) in [6.07, 6.45) is 2.43. The summed E-state index contributed by atoms with van der Waals surface area (Å²) >= 11 is 0. The number of Topliss-reactive ketones (excluding diaryl/α,β-unsaturated/α-hetero) is 1. The standard InChI is InChI=1S/C10H19FO/c1-4-10(6-9(3)12)5-8(2)7-11/h8,10H,4-7H2,1-3H3/t8?,10-/m0/s1. The van der Waals surface area contributed by atoms with Crippen LogP contribution in [-0.2, 0) is 4.79 Å². The number of rotatable bonds is 6. The lowest BCUT2D eigenvalue weighted by molar-refractivity contribution is -0.118. The highest BCUT2D eigenvalue weighted by Gasteiger charge is 2.12. The molecule has 72 valence electrons. The van der Waals surface area contributed by atoms with Crippen LogP contribution in [0.5, 0.6) is 0 Å². The van der Waals surface area contributed by atoms with Gasteiger partial charge in [0.15, 0.2) is 0 Å². The molecule has 1 unspecified atom stereocenters. The smallest absolute Gasteiger partial charge is 0.130 e. The fourth-order valence-corrected chi connectivity index (χ4v) is 1.43. The fraction of sp³-hybridized carbons (Fsp3) is 0.900. The molecule has 12 heavy (non-hydrogen) atoms. The van der Waals surface area contributed by atoms with Crippen LogP contribution in [0.4, 0.5) is 4.39 Å². The molecule has 0 saturated carbocycles. The maximum absolute atomic E-state index is 12.1. The van der Waals surface area contributed by atoms with Crippen molar-refractivity contribution >= 4 is 5.78 Å². The Bertz CT molecular complexity index is 134. The van der Waals surface area contributed by atoms with E-state index in [0.717, 1.165) is 12.8 Å². The fourth-order valence-electron chi connectivity index (χ4n) is 1.43. The van der Waals surface area contributed by atoms with Crippen LogP contribution in [0.15, 0.2) is 0 Å². The first-order chi connectivity index (χ1) is 5.60. The summed E-state index contributed by atoms with van der Waals surface area (Å²) in [6, 6.07) is 0. The molecule has 0 aromatic heterocycles. The van der Waals surface area contributed by atoms with Gasteiger partial charge < -0.3 is 4.79 Å². The van der Waals surface area contributed by atoms with Crippen LogP contribution in [-0.4, -0.2) is 12.5 Å². The highest BCUT2D eigenvalue weighted by Crippen LogP contribution is 2.19. The molecule has 2 atom stereocenters. The molecule has 0 heterocycles. The SMILES string of the molecule is CC[C@H](CC(C)=O)CC(C)CF. The summed E-state index contributed by atoms with van der Waals surface area (Å²) < 4.78 is 12.1. The van der Waals surface area contributed by atoms with Gasteiger partial charge in [0.1, 0.15) is 5.78 Å². The van der Waals surface area contributed by atoms with Crippen molar-refractivity contribution < 1.29 is 9.18 Å². The van der Waals surface area contributed by atoms with Crippen LogP contribution >= 0.6 is 0 Å². The molecule has 0 aliphatic rings. The zero-order valence-corrected chi connectivity index (χ0v) is 8.27. The predicted octanol–water partition coefficient (Wildman–Crippen LogP) is 2.99. The van der Waals surface area contributed by atoms with Gasteiger partial charge >= 0.3 is 0 Å². The third kappa shape index (κ3) is 5.28. The number of hydrogen-bond acceptors (Lipinski definition) is 1. The number of hydrogen-bond donors (Lipinski definition) is 0. The second kappa shape index (κ2) is 6.15. The average Bonchev–Trinajstić information content (AvgIpc) is 2.02. The quantitative estimate of drug-likeness (QED) is 0.605. The average molecular weight is 174 g/mol. The maximum Gasteiger partial charge on any atom is 0.130 e. The lowest BCUT2D eigenvalue weighted by Crippen LogP contribution is -2.10. The van der Waals surface area contributed by atoms with Crippen molar-refractivity contribution in [3.05, 3.63) is 0 Å². The van der Waals surface area contributed by atoms with Gasteiger partial charge in [-0.1, -0.05) is 20.3 Å². The van der Waals surface area contributed by atoms with Crippen LogP contribution in [0.2, 0.25) is 0 Å². The molecule has 0 spiro atoms. The molecule has 0 fully saturated rings. The Morgan fingerprint density at radius 3 is 2.42 bits per heavy atom. The highest BCUT2D eigenvalue weighted by molar-refractivity contribution is 5.75. The molecule has 0 aliphatic heterocycles. The van der Waals surface area contributed by atoms with E-state index in [1.54, 1.807) is 6.92 Å². The predicted molar refractivity (Wildman–Crippen MR) is 48.8 cm³/mol. The molecular weight excluding hydrogens is 155 g/mol. The minimum Gasteiger partial charge on any atom is -0.300 e. The maximum atomic E-state index is 12.1. The van der Waals surface area contributed by atoms with E-state index in [2.05, 4.69) is 6.92 Å². The van der Waals surface area contributed by atoms with Crippen molar-refractivity contribution in [2.75, 3.05) is 6.67 Å². The summed E-state index contributed by atoms with van der Waals surface area (Å²) in [5.41, 5.74) is 0. The van der Waals surface area contributed by atoms with Crippen molar-refractivity contribution in [3.63, 3.8) is 0 Å². The monoisotopic (exact) mass is 174 g/mol. The molecule has 0 saturated heterocycles. The van der Waals surface area contributed by atoms with Gasteiger partial charge in [0.25, 0.3) is 0 Å². The highest BCUT2D eigenvalue weighted by atomic mass is 19.1. The zero-order chi connectivity index (χ0) is 9.56. The van der Waals surface area contributed by atoms with E-state index in [4.69, 9.17) is 0 Å². The number of carbonyl (C=O) groups excluding carboxylic acids is 1. The van der Waals surface area contributed by atoms with Crippen LogP contribution in [0.3, 0.4) is 0 Å². The summed E-state index contributed by atoms with van der Waals surface area (Å²) in [4.78, 5) is 10.8. The largest absolute Gasteiger partial charge is 0.300 e. The third-order valence-corrected chi connectivity index (χ3v) is 2.15. The molecular formula is C10H19FO. The second-order valence-electron chi connectivity index (χ2n) is 3.68. The summed E-state index contributed by atoms with van der Waals surface area (Å²) in [6.45, 7) is 5.28. The first kappa shape index (κ1) is 11.6. The molecule has 1 nitrogen and oxygen atoms in total. The zero-order valence-electron chi connectivity index (χ0n) is 8.27. The number of alkyl halides is 1. The summed E-state index contributed by atoms with van der Waals surface area (Å²) in [7, 11) is 0. The van der Waals surface area contributed by atoms with Gasteiger partial charge in [0, 0.05) is 6.42 Å². The molecule has 0 aromatic carbocycles. The molecule has 0 aromatic rings. The van der Waals surface area contributed by atoms with E-state index in [1.807, 2.05) is 6.92 Å². The van der Waals surface area contributed by atoms with Gasteiger partial charge in [0.05, 0.1) is 6.67 Å². The molecule has 0 N–H and O–H groups in total. The molecule has 0 bridgehead atoms. The van der Waals surface area contributed by atoms with Gasteiger partial charge in [-0.15, -0.1) is 0 Å². The van der Waals surface area contributed by atoms with Gasteiger partial charge in [-0.2, -0.15) is 0 Å². The summed E-state index contributed by atoms with van der Waals surface area (Å²) in [5.74, 6) is 0.704. The Morgan fingerprint density at radius 1 is 1.50 bits per heavy atom. The van der Waals surface area contributed by atoms with E-state index < -0.39 is 0 Å². The molecule has 0 rings (SSSR count). The van der Waals surface area contributed by atoms with E-state index >= 15 is 0 Å². The van der Waals surface area contributed by atoms with Gasteiger partial charge in [-0.3, -0.25) is 4.39 Å². The van der Waals surface area contributed by atoms with Crippen molar-refractivity contribution in [1.29, 1.82) is 0 Å². The number of carbonyl (C=O) groups is 1. The molecule has 0 aliphatic carbocycles. The Morgan fingerprint density at radius 2 is 2.08 bits per heavy atom. The molecule has 0 radical (unpaired) electrons. The first-order valence-corrected chi connectivity index (χ1v) is 4.65. The summed E-state index contributed by atoms with van der Waals surface area (Å²) in [5, 5.41) is 0. The van der Waals surface area contributed by atoms with Crippen LogP contribution < -0.4 is 0 Å². The van der Waals surface area contributed by atoms with Crippen molar-refractivity contribution in [2.45, 2.75) is 40.0 Å². The van der Waals surface area contributed by atoms with Gasteiger partial charge in [0.2, 0.25) is 0 Å². The minimum absolute atomic E-state index is 0.106. The Balaban J connectivity index is 3.74. The third-order valence-electron chi connectivity index (χ3n) is 2.15. The topological polar surface area (TPSA) is 17.1 Å². The Labute approximate surface area is 74.4 Å². The molecule has 0 amide bonds. The lowest BCUT2D eigenvalue weighted by atomic mass is 9.90. The van der Waals surface area contributed by atoms with Crippen LogP contribution in [0.25, 0.3) is 0 Å². The van der Waals surface area contributed by atoms with Crippen LogP contribution in [0, 0.1) is 11.8 Å². The van der Waals surface area contributed by atoms with E-state index in [0.29, 0.717) is 12.3 Å². The second-order valence-corrected chi connectivity index (χ2v) is 3.68. The minimum atomic E-state index is -0.269. The lowest BCUT2D eigenvalue weighted by Gasteiger charge is -2.15. The van der Waals surface area contributed by atoms with Crippen molar-refractivity contribution in [2.24, 2.45) is 11.8 Å². The van der Waals surface area contributed by atoms with Gasteiger partial charge in [-0.25, -0.2) is 0 Å². The number of ketones is 1. The Kier molecular flexibility index (Phi) is 5.95. The van der Waals surface area contributed by atoms with E-state index in [1.165, 1.54) is 0 Å². The van der Waals surface area contributed by atoms with Crippen molar-refractivity contribution in [1.82, 2.24) is 0 Å². The molecule has 2 heteroatoms. The van der Waals surface area contributed by atoms with E-state index in [-0.39, 0.29) is 18.4 Å². The Hall–Kier alpha value is -0.400. The first-order valence-electron chi connectivity index (χ1n) is 4.65.